The van der Waals surface area contributed by atoms with Gasteiger partial charge >= 0.3 is 0 Å². The summed E-state index contributed by atoms with van der Waals surface area (Å²) in [6, 6.07) is 7.66. The van der Waals surface area contributed by atoms with Crippen LogP contribution in [0.4, 0.5) is 0 Å². The van der Waals surface area contributed by atoms with Gasteiger partial charge in [-0.2, -0.15) is 4.31 Å². The third kappa shape index (κ3) is 3.86. The molecule has 1 saturated heterocycles. The van der Waals surface area contributed by atoms with E-state index < -0.39 is 10.0 Å². The van der Waals surface area contributed by atoms with Gasteiger partial charge in [-0.15, -0.1) is 0 Å². The fourth-order valence-corrected chi connectivity index (χ4v) is 4.32. The first kappa shape index (κ1) is 17.9. The van der Waals surface area contributed by atoms with E-state index in [9.17, 15) is 13.2 Å². The number of benzene rings is 1. The molecule has 7 nitrogen and oxygen atoms in total. The van der Waals surface area contributed by atoms with Crippen LogP contribution in [0.3, 0.4) is 0 Å². The van der Waals surface area contributed by atoms with Crippen LogP contribution in [0.25, 0.3) is 0 Å². The molecule has 1 aliphatic heterocycles. The largest absolute Gasteiger partial charge is 0.361 e. The number of sulfonamides is 1. The topological polar surface area (TPSA) is 83.7 Å². The molecule has 0 saturated carbocycles. The first-order chi connectivity index (χ1) is 11.9. The zero-order chi connectivity index (χ0) is 18.0. The number of halogens is 1. The summed E-state index contributed by atoms with van der Waals surface area (Å²) in [6.07, 6.45) is 0.551. The monoisotopic (exact) mass is 383 g/mol. The lowest BCUT2D eigenvalue weighted by Gasteiger charge is -2.21. The number of carbonyl (C=O) groups excluding carboxylic acids is 1. The van der Waals surface area contributed by atoms with Gasteiger partial charge in [0.1, 0.15) is 5.76 Å². The Balaban J connectivity index is 1.73. The van der Waals surface area contributed by atoms with Crippen molar-refractivity contribution in [3.05, 3.63) is 46.8 Å². The van der Waals surface area contributed by atoms with Gasteiger partial charge in [-0.25, -0.2) is 8.42 Å². The van der Waals surface area contributed by atoms with E-state index in [1.807, 2.05) is 0 Å². The Morgan fingerprint density at radius 1 is 1.16 bits per heavy atom. The van der Waals surface area contributed by atoms with Gasteiger partial charge in [0.2, 0.25) is 10.0 Å². The van der Waals surface area contributed by atoms with Crippen LogP contribution < -0.4 is 0 Å². The number of nitrogens with zero attached hydrogens (tertiary/aromatic N) is 3. The Bertz CT molecular complexity index is 864. The van der Waals surface area contributed by atoms with Crippen LogP contribution in [0.2, 0.25) is 5.02 Å². The summed E-state index contributed by atoms with van der Waals surface area (Å²) in [7, 11) is -3.61. The Morgan fingerprint density at radius 2 is 1.88 bits per heavy atom. The zero-order valence-electron chi connectivity index (χ0n) is 13.7. The van der Waals surface area contributed by atoms with Gasteiger partial charge in [0, 0.05) is 37.3 Å². The maximum atomic E-state index is 12.8. The lowest BCUT2D eigenvalue weighted by molar-refractivity contribution is 0.0754. The molecule has 134 valence electrons. The van der Waals surface area contributed by atoms with Crippen molar-refractivity contribution in [2.24, 2.45) is 0 Å². The average molecular weight is 384 g/mol. The summed E-state index contributed by atoms with van der Waals surface area (Å²) in [5.74, 6) is 0.313. The standard InChI is InChI=1S/C16H18ClN3O4S/c1-12-11-15(18-24-12)16(21)19-7-2-8-20(10-9-19)25(22,23)14-5-3-13(17)4-6-14/h3-6,11H,2,7-10H2,1H3. The molecule has 1 amide bonds. The molecule has 0 bridgehead atoms. The summed E-state index contributed by atoms with van der Waals surface area (Å²) in [5.41, 5.74) is 0.242. The minimum Gasteiger partial charge on any atom is -0.361 e. The summed E-state index contributed by atoms with van der Waals surface area (Å²) >= 11 is 5.82. The maximum Gasteiger partial charge on any atom is 0.276 e. The van der Waals surface area contributed by atoms with Gasteiger partial charge in [-0.05, 0) is 37.6 Å². The van der Waals surface area contributed by atoms with Crippen molar-refractivity contribution >= 4 is 27.5 Å². The minimum absolute atomic E-state index is 0.198. The normalized spacial score (nSPS) is 16.6. The third-order valence-electron chi connectivity index (χ3n) is 4.04. The summed E-state index contributed by atoms with van der Waals surface area (Å²) in [6.45, 7) is 3.07. The van der Waals surface area contributed by atoms with Crippen LogP contribution in [0.5, 0.6) is 0 Å². The van der Waals surface area contributed by atoms with E-state index in [1.54, 1.807) is 30.0 Å². The van der Waals surface area contributed by atoms with E-state index in [-0.39, 0.29) is 23.0 Å². The lowest BCUT2D eigenvalue weighted by Crippen LogP contribution is -2.37. The summed E-state index contributed by atoms with van der Waals surface area (Å²) in [5, 5.41) is 4.22. The van der Waals surface area contributed by atoms with Crippen LogP contribution >= 0.6 is 11.6 Å². The molecule has 1 aromatic carbocycles. The van der Waals surface area contributed by atoms with Crippen LogP contribution in [0.1, 0.15) is 22.7 Å². The maximum absolute atomic E-state index is 12.8. The van der Waals surface area contributed by atoms with E-state index in [0.717, 1.165) is 0 Å². The predicted molar refractivity (Wildman–Crippen MR) is 92.0 cm³/mol. The predicted octanol–water partition coefficient (Wildman–Crippen LogP) is 2.17. The molecule has 9 heteroatoms. The minimum atomic E-state index is -3.61. The van der Waals surface area contributed by atoms with Crippen molar-refractivity contribution in [1.82, 2.24) is 14.4 Å². The molecule has 0 radical (unpaired) electrons. The van der Waals surface area contributed by atoms with Gasteiger partial charge in [0.25, 0.3) is 5.91 Å². The molecule has 1 aliphatic rings. The highest BCUT2D eigenvalue weighted by Gasteiger charge is 2.29. The smallest absolute Gasteiger partial charge is 0.276 e. The highest BCUT2D eigenvalue weighted by Crippen LogP contribution is 2.20. The SMILES string of the molecule is Cc1cc(C(=O)N2CCCN(S(=O)(=O)c3ccc(Cl)cc3)CC2)no1. The number of aromatic nitrogens is 1. The fourth-order valence-electron chi connectivity index (χ4n) is 2.72. The molecule has 1 aromatic heterocycles. The molecule has 0 unspecified atom stereocenters. The Morgan fingerprint density at radius 3 is 2.52 bits per heavy atom. The number of hydrogen-bond donors (Lipinski definition) is 0. The van der Waals surface area contributed by atoms with Crippen molar-refractivity contribution in [3.63, 3.8) is 0 Å². The van der Waals surface area contributed by atoms with Gasteiger partial charge < -0.3 is 9.42 Å². The van der Waals surface area contributed by atoms with Crippen molar-refractivity contribution in [2.75, 3.05) is 26.2 Å². The number of amides is 1. The molecule has 0 spiro atoms. The Kier molecular flexibility index (Phi) is 5.12. The van der Waals surface area contributed by atoms with Gasteiger partial charge in [-0.1, -0.05) is 16.8 Å². The molecule has 0 N–H and O–H groups in total. The van der Waals surface area contributed by atoms with Crippen LogP contribution in [-0.4, -0.2) is 54.9 Å². The number of hydrogen-bond acceptors (Lipinski definition) is 5. The van der Waals surface area contributed by atoms with E-state index >= 15 is 0 Å². The van der Waals surface area contributed by atoms with E-state index in [1.165, 1.54) is 16.4 Å². The molecular formula is C16H18ClN3O4S. The van der Waals surface area contributed by atoms with E-state index in [2.05, 4.69) is 5.16 Å². The molecule has 2 aromatic rings. The first-order valence-electron chi connectivity index (χ1n) is 7.86. The van der Waals surface area contributed by atoms with Crippen molar-refractivity contribution in [2.45, 2.75) is 18.2 Å². The molecule has 25 heavy (non-hydrogen) atoms. The quantitative estimate of drug-likeness (QED) is 0.811. The Hall–Kier alpha value is -1.90. The fraction of sp³-hybridized carbons (Fsp3) is 0.375. The van der Waals surface area contributed by atoms with Crippen LogP contribution in [0, 0.1) is 6.92 Å². The van der Waals surface area contributed by atoms with Crippen LogP contribution in [-0.2, 0) is 10.0 Å². The second-order valence-corrected chi connectivity index (χ2v) is 8.20. The molecule has 0 aliphatic carbocycles. The highest BCUT2D eigenvalue weighted by atomic mass is 35.5. The number of carbonyl (C=O) groups is 1. The van der Waals surface area contributed by atoms with Gasteiger partial charge in [-0.3, -0.25) is 4.79 Å². The van der Waals surface area contributed by atoms with Gasteiger partial charge in [0.15, 0.2) is 5.69 Å². The molecule has 3 rings (SSSR count). The summed E-state index contributed by atoms with van der Waals surface area (Å²) < 4.78 is 31.8. The number of rotatable bonds is 3. The molecule has 1 fully saturated rings. The summed E-state index contributed by atoms with van der Waals surface area (Å²) in [4.78, 5) is 14.3. The first-order valence-corrected chi connectivity index (χ1v) is 9.68. The van der Waals surface area contributed by atoms with Crippen LogP contribution in [0.15, 0.2) is 39.8 Å². The molecule has 2 heterocycles. The second-order valence-electron chi connectivity index (χ2n) is 5.83. The van der Waals surface area contributed by atoms with E-state index in [0.29, 0.717) is 36.8 Å². The zero-order valence-corrected chi connectivity index (χ0v) is 15.3. The second kappa shape index (κ2) is 7.15. The Labute approximate surface area is 151 Å². The number of aryl methyl sites for hydroxylation is 1. The third-order valence-corrected chi connectivity index (χ3v) is 6.21. The van der Waals surface area contributed by atoms with Crippen molar-refractivity contribution in [1.29, 1.82) is 0 Å². The highest BCUT2D eigenvalue weighted by molar-refractivity contribution is 7.89. The molecular weight excluding hydrogens is 366 g/mol. The van der Waals surface area contributed by atoms with Gasteiger partial charge in [0.05, 0.1) is 4.90 Å². The average Bonchev–Trinajstić information content (AvgIpc) is 2.86. The van der Waals surface area contributed by atoms with E-state index in [4.69, 9.17) is 16.1 Å². The van der Waals surface area contributed by atoms with Crippen molar-refractivity contribution in [3.8, 4) is 0 Å². The lowest BCUT2D eigenvalue weighted by atomic mass is 10.3. The van der Waals surface area contributed by atoms with Crippen molar-refractivity contribution < 1.29 is 17.7 Å². The molecule has 0 atom stereocenters.